The second-order valence-corrected chi connectivity index (χ2v) is 12.5. The molecule has 0 radical (unpaired) electrons. The highest BCUT2D eigenvalue weighted by atomic mass is 16.5. The average Bonchev–Trinajstić information content (AvgIpc) is 3.14. The third kappa shape index (κ3) is 7.46. The molecule has 2 aromatic rings. The van der Waals surface area contributed by atoms with Crippen molar-refractivity contribution in [1.82, 2.24) is 4.90 Å². The predicted octanol–water partition coefficient (Wildman–Crippen LogP) is 6.10. The molecular formula is C35H45NO7. The zero-order valence-corrected chi connectivity index (χ0v) is 26.2. The summed E-state index contributed by atoms with van der Waals surface area (Å²) in [5.41, 5.74) is 5.75. The number of carbonyl (C=O) groups excluding carboxylic acids is 4. The van der Waals surface area contributed by atoms with Crippen molar-refractivity contribution >= 4 is 23.8 Å². The van der Waals surface area contributed by atoms with E-state index in [-0.39, 0.29) is 67.9 Å². The van der Waals surface area contributed by atoms with Crippen molar-refractivity contribution in [3.05, 3.63) is 58.7 Å². The number of nitrogens with zero attached hydrogens (tertiary/aromatic N) is 1. The first-order valence-corrected chi connectivity index (χ1v) is 15.6. The maximum Gasteiger partial charge on any atom is 0.306 e. The zero-order valence-electron chi connectivity index (χ0n) is 26.2. The number of ether oxygens (including phenoxy) is 3. The molecule has 1 amide bonds. The van der Waals surface area contributed by atoms with Crippen LogP contribution in [0, 0.1) is 11.8 Å². The van der Waals surface area contributed by atoms with Crippen molar-refractivity contribution in [2.45, 2.75) is 91.6 Å². The van der Waals surface area contributed by atoms with Crippen molar-refractivity contribution in [1.29, 1.82) is 0 Å². The molecule has 0 unspecified atom stereocenters. The van der Waals surface area contributed by atoms with Crippen molar-refractivity contribution in [2.24, 2.45) is 11.8 Å². The number of hydrogen-bond donors (Lipinski definition) is 0. The molecule has 0 aromatic heterocycles. The van der Waals surface area contributed by atoms with Crippen molar-refractivity contribution in [3.63, 3.8) is 0 Å². The highest BCUT2D eigenvalue weighted by Gasteiger charge is 2.46. The van der Waals surface area contributed by atoms with Crippen LogP contribution in [-0.4, -0.2) is 48.5 Å². The lowest BCUT2D eigenvalue weighted by Crippen LogP contribution is -2.31. The van der Waals surface area contributed by atoms with Crippen LogP contribution in [0.3, 0.4) is 0 Å². The minimum atomic E-state index is -0.583. The van der Waals surface area contributed by atoms with Crippen LogP contribution in [0.2, 0.25) is 0 Å². The molecule has 1 aliphatic heterocycles. The van der Waals surface area contributed by atoms with Gasteiger partial charge in [0.15, 0.2) is 0 Å². The maximum absolute atomic E-state index is 13.3. The first-order valence-electron chi connectivity index (χ1n) is 15.6. The Hall–Kier alpha value is -3.68. The van der Waals surface area contributed by atoms with E-state index in [0.717, 1.165) is 33.4 Å². The molecule has 8 heteroatoms. The van der Waals surface area contributed by atoms with Gasteiger partial charge in [0.2, 0.25) is 5.91 Å². The number of hydrogen-bond acceptors (Lipinski definition) is 7. The number of amides is 1. The van der Waals surface area contributed by atoms with Crippen LogP contribution in [0.15, 0.2) is 36.4 Å². The lowest BCUT2D eigenvalue weighted by molar-refractivity contribution is -0.146. The minimum absolute atomic E-state index is 0.0475. The topological polar surface area (TPSA) is 99.2 Å². The SMILES string of the molecule is CCOC(=O)CCC(=O)N1Cc2cccc3c2-c2c(cccc2C3(CCC(=O)OCC(C)C)CCC(=O)OCC(C)C)C1. The molecule has 0 spiro atoms. The van der Waals surface area contributed by atoms with Gasteiger partial charge in [-0.05, 0) is 65.0 Å². The molecule has 0 bridgehead atoms. The molecule has 8 nitrogen and oxygen atoms in total. The standard InChI is InChI=1S/C35H45NO7/c1-6-41-30(38)14-13-29(37)36-19-25-9-7-11-27-33(25)34-26(20-36)10-8-12-28(34)35(27,17-15-31(39)42-21-23(2)3)18-16-32(40)43-22-24(4)5/h7-12,23-24H,6,13-22H2,1-5H3. The van der Waals surface area contributed by atoms with E-state index in [1.54, 1.807) is 11.8 Å². The fourth-order valence-corrected chi connectivity index (χ4v) is 6.20. The summed E-state index contributed by atoms with van der Waals surface area (Å²) < 4.78 is 16.1. The van der Waals surface area contributed by atoms with Crippen LogP contribution < -0.4 is 0 Å². The fraction of sp³-hybridized carbons (Fsp3) is 0.543. The van der Waals surface area contributed by atoms with E-state index >= 15 is 0 Å². The maximum atomic E-state index is 13.3. The van der Waals surface area contributed by atoms with E-state index in [4.69, 9.17) is 14.2 Å². The fourth-order valence-electron chi connectivity index (χ4n) is 6.20. The average molecular weight is 592 g/mol. The van der Waals surface area contributed by atoms with Gasteiger partial charge in [-0.2, -0.15) is 0 Å². The Bertz CT molecular complexity index is 1260. The monoisotopic (exact) mass is 591 g/mol. The van der Waals surface area contributed by atoms with Gasteiger partial charge in [0.1, 0.15) is 0 Å². The molecule has 0 fully saturated rings. The summed E-state index contributed by atoms with van der Waals surface area (Å²) in [7, 11) is 0. The van der Waals surface area contributed by atoms with Crippen LogP contribution in [0.1, 0.15) is 95.4 Å². The van der Waals surface area contributed by atoms with E-state index in [1.807, 2.05) is 52.0 Å². The van der Waals surface area contributed by atoms with Gasteiger partial charge in [-0.25, -0.2) is 0 Å². The summed E-state index contributed by atoms with van der Waals surface area (Å²) in [6.45, 7) is 11.6. The van der Waals surface area contributed by atoms with Crippen LogP contribution in [0.4, 0.5) is 0 Å². The predicted molar refractivity (Wildman–Crippen MR) is 163 cm³/mol. The summed E-state index contributed by atoms with van der Waals surface area (Å²) in [6, 6.07) is 12.3. The normalized spacial score (nSPS) is 14.3. The Balaban J connectivity index is 1.69. The molecule has 232 valence electrons. The Labute approximate surface area is 255 Å². The second-order valence-electron chi connectivity index (χ2n) is 12.5. The summed E-state index contributed by atoms with van der Waals surface area (Å²) in [6.07, 6.45) is 1.57. The molecule has 2 aliphatic rings. The quantitative estimate of drug-likeness (QED) is 0.193. The Morgan fingerprint density at radius 2 is 1.16 bits per heavy atom. The van der Waals surface area contributed by atoms with Crippen LogP contribution in [0.5, 0.6) is 0 Å². The van der Waals surface area contributed by atoms with E-state index in [0.29, 0.717) is 39.1 Å². The van der Waals surface area contributed by atoms with E-state index in [2.05, 4.69) is 12.1 Å². The van der Waals surface area contributed by atoms with Gasteiger partial charge in [-0.3, -0.25) is 19.2 Å². The van der Waals surface area contributed by atoms with Crippen LogP contribution in [0.25, 0.3) is 11.1 Å². The van der Waals surface area contributed by atoms with Crippen molar-refractivity contribution < 1.29 is 33.4 Å². The van der Waals surface area contributed by atoms with E-state index in [1.165, 1.54) is 0 Å². The van der Waals surface area contributed by atoms with Crippen molar-refractivity contribution in [3.8, 4) is 11.1 Å². The summed E-state index contributed by atoms with van der Waals surface area (Å²) >= 11 is 0. The Morgan fingerprint density at radius 3 is 1.60 bits per heavy atom. The molecule has 4 rings (SSSR count). The largest absolute Gasteiger partial charge is 0.466 e. The molecule has 2 aromatic carbocycles. The van der Waals surface area contributed by atoms with Gasteiger partial charge in [-0.1, -0.05) is 64.1 Å². The molecule has 0 N–H and O–H groups in total. The highest BCUT2D eigenvalue weighted by molar-refractivity contribution is 5.89. The second kappa shape index (κ2) is 14.2. The number of carbonyl (C=O) groups is 4. The number of esters is 3. The zero-order chi connectivity index (χ0) is 31.1. The Kier molecular flexibility index (Phi) is 10.6. The van der Waals surface area contributed by atoms with E-state index < -0.39 is 5.41 Å². The number of rotatable bonds is 14. The smallest absolute Gasteiger partial charge is 0.306 e. The van der Waals surface area contributed by atoms with Gasteiger partial charge < -0.3 is 19.1 Å². The van der Waals surface area contributed by atoms with Crippen LogP contribution in [-0.2, 0) is 51.9 Å². The first-order chi connectivity index (χ1) is 20.6. The van der Waals surface area contributed by atoms with Gasteiger partial charge >= 0.3 is 17.9 Å². The van der Waals surface area contributed by atoms with Crippen LogP contribution >= 0.6 is 0 Å². The third-order valence-corrected chi connectivity index (χ3v) is 8.17. The van der Waals surface area contributed by atoms with Gasteiger partial charge in [0, 0.05) is 37.8 Å². The Morgan fingerprint density at radius 1 is 0.698 bits per heavy atom. The van der Waals surface area contributed by atoms with Gasteiger partial charge in [-0.15, -0.1) is 0 Å². The molecule has 0 saturated carbocycles. The first kappa shape index (κ1) is 32.2. The summed E-state index contributed by atoms with van der Waals surface area (Å²) in [5.74, 6) is -0.484. The lowest BCUT2D eigenvalue weighted by Gasteiger charge is -2.33. The lowest BCUT2D eigenvalue weighted by atomic mass is 9.71. The molecule has 1 aliphatic carbocycles. The highest BCUT2D eigenvalue weighted by Crippen LogP contribution is 2.57. The molecule has 1 heterocycles. The molecule has 43 heavy (non-hydrogen) atoms. The minimum Gasteiger partial charge on any atom is -0.466 e. The third-order valence-electron chi connectivity index (χ3n) is 8.17. The summed E-state index contributed by atoms with van der Waals surface area (Å²) in [5, 5.41) is 0. The van der Waals surface area contributed by atoms with Gasteiger partial charge in [0.25, 0.3) is 0 Å². The summed E-state index contributed by atoms with van der Waals surface area (Å²) in [4.78, 5) is 52.8. The van der Waals surface area contributed by atoms with Crippen molar-refractivity contribution in [2.75, 3.05) is 19.8 Å². The molecular weight excluding hydrogens is 546 g/mol. The number of benzene rings is 2. The van der Waals surface area contributed by atoms with Gasteiger partial charge in [0.05, 0.1) is 26.2 Å². The molecule has 0 atom stereocenters. The van der Waals surface area contributed by atoms with E-state index in [9.17, 15) is 19.2 Å². The molecule has 0 saturated heterocycles.